The molecule has 0 saturated carbocycles. The Kier molecular flexibility index (Phi) is 10.3. The molecule has 3 heterocycles. The highest BCUT2D eigenvalue weighted by Gasteiger charge is 2.34. The number of ether oxygens (including phenoxy) is 3. The maximum atomic E-state index is 12.8. The van der Waals surface area contributed by atoms with Gasteiger partial charge >= 0.3 is 0 Å². The Labute approximate surface area is 298 Å². The molecular formula is C43H41N3O5. The molecule has 0 bridgehead atoms. The first-order valence-electron chi connectivity index (χ1n) is 17.0. The molecule has 1 N–H and O–H groups in total. The Morgan fingerprint density at radius 2 is 1.27 bits per heavy atom. The highest BCUT2D eigenvalue weighted by Crippen LogP contribution is 2.37. The summed E-state index contributed by atoms with van der Waals surface area (Å²) in [6, 6.07) is 30.9. The van der Waals surface area contributed by atoms with Crippen LogP contribution in [0.3, 0.4) is 0 Å². The van der Waals surface area contributed by atoms with Crippen LogP contribution >= 0.6 is 0 Å². The number of imide groups is 1. The lowest BCUT2D eigenvalue weighted by atomic mass is 9.92. The van der Waals surface area contributed by atoms with Crippen molar-refractivity contribution < 1.29 is 23.8 Å². The van der Waals surface area contributed by atoms with E-state index < -0.39 is 0 Å². The van der Waals surface area contributed by atoms with Gasteiger partial charge in [0.1, 0.15) is 23.9 Å². The maximum Gasteiger partial charge on any atom is 0.261 e. The number of fused-ring (bicyclic) bond motifs is 1. The second-order valence-electron chi connectivity index (χ2n) is 11.9. The number of aliphatic imine (C=N–C) groups is 1. The molecule has 0 radical (unpaired) electrons. The number of methoxy groups -OCH3 is 2. The molecule has 0 atom stereocenters. The zero-order chi connectivity index (χ0) is 36.1. The average Bonchev–Trinajstić information content (AvgIpc) is 3.91. The number of aromatic amines is 1. The Morgan fingerprint density at radius 3 is 1.84 bits per heavy atom. The lowest BCUT2D eigenvalue weighted by Gasteiger charge is -2.18. The summed E-state index contributed by atoms with van der Waals surface area (Å²) >= 11 is 0. The van der Waals surface area contributed by atoms with Crippen molar-refractivity contribution >= 4 is 23.1 Å². The molecule has 0 spiro atoms. The Morgan fingerprint density at radius 1 is 0.706 bits per heavy atom. The summed E-state index contributed by atoms with van der Waals surface area (Å²) in [5, 5.41) is 0. The third-order valence-corrected chi connectivity index (χ3v) is 8.86. The summed E-state index contributed by atoms with van der Waals surface area (Å²) in [7, 11) is 3.31. The smallest absolute Gasteiger partial charge is 0.261 e. The number of nitrogens with zero attached hydrogens (tertiary/aromatic N) is 2. The van der Waals surface area contributed by atoms with E-state index in [1.54, 1.807) is 38.5 Å². The standard InChI is InChI=1S/C41H35N3O5.C2H6/c1-25-23-31(49-22-21-44-40(45)32-7-5-6-8-33(32)41(44)46)24-26(2)38(25)39(36-19-17-34(42-36)27-9-13-29(47-3)14-10-27)37-20-18-35(43-37)28-11-15-30(48-4)16-12-28;1-2/h5-20,23-24,42H,21-22H2,1-4H3;1-2H3/b39-37+;. The van der Waals surface area contributed by atoms with E-state index in [0.29, 0.717) is 16.9 Å². The van der Waals surface area contributed by atoms with Gasteiger partial charge in [0.25, 0.3) is 11.8 Å². The van der Waals surface area contributed by atoms with Gasteiger partial charge in [0.15, 0.2) is 0 Å². The maximum absolute atomic E-state index is 12.8. The van der Waals surface area contributed by atoms with Crippen LogP contribution < -0.4 is 14.2 Å². The van der Waals surface area contributed by atoms with Crippen LogP contribution in [0.25, 0.3) is 16.8 Å². The Hall–Kier alpha value is -6.15. The molecule has 1 aromatic heterocycles. The lowest BCUT2D eigenvalue weighted by molar-refractivity contribution is 0.0631. The monoisotopic (exact) mass is 679 g/mol. The van der Waals surface area contributed by atoms with E-state index in [1.807, 2.05) is 86.7 Å². The molecule has 8 nitrogen and oxygen atoms in total. The van der Waals surface area contributed by atoms with Crippen LogP contribution in [0.15, 0.2) is 120 Å². The SMILES string of the molecule is CC.COc1ccc(C2=N/C(=C(\c3ccc(-c4ccc(OC)cc4)[nH]3)c3c(C)cc(OCCN4C(=O)c5ccccc5C4=O)cc3C)C=C2)cc1. The minimum Gasteiger partial charge on any atom is -0.497 e. The van der Waals surface area contributed by atoms with Gasteiger partial charge in [-0.25, -0.2) is 4.99 Å². The van der Waals surface area contributed by atoms with Gasteiger partial charge in [-0.1, -0.05) is 26.0 Å². The van der Waals surface area contributed by atoms with Gasteiger partial charge in [-0.05, 0) is 133 Å². The third-order valence-electron chi connectivity index (χ3n) is 8.86. The number of rotatable bonds is 10. The number of carbonyl (C=O) groups excluding carboxylic acids is 2. The number of nitrogens with one attached hydrogen (secondary N) is 1. The normalized spacial score (nSPS) is 14.2. The van der Waals surface area contributed by atoms with Gasteiger partial charge in [0, 0.05) is 22.5 Å². The summed E-state index contributed by atoms with van der Waals surface area (Å²) in [4.78, 5) is 35.6. The van der Waals surface area contributed by atoms with Crippen molar-refractivity contribution in [3.8, 4) is 28.5 Å². The van der Waals surface area contributed by atoms with Gasteiger partial charge in [0.2, 0.25) is 0 Å². The van der Waals surface area contributed by atoms with Crippen LogP contribution in [0.1, 0.15) is 62.5 Å². The quantitative estimate of drug-likeness (QED) is 0.149. The van der Waals surface area contributed by atoms with Crippen molar-refractivity contribution in [3.05, 3.63) is 154 Å². The second kappa shape index (κ2) is 15.2. The summed E-state index contributed by atoms with van der Waals surface area (Å²) in [5.41, 5.74) is 10.5. The van der Waals surface area contributed by atoms with Crippen LogP contribution in [0.5, 0.6) is 17.2 Å². The number of aromatic nitrogens is 1. The fraction of sp³-hybridized carbons (Fsp3) is 0.186. The van der Waals surface area contributed by atoms with E-state index in [-0.39, 0.29) is 25.0 Å². The van der Waals surface area contributed by atoms with Crippen LogP contribution in [0.2, 0.25) is 0 Å². The van der Waals surface area contributed by atoms with Gasteiger partial charge < -0.3 is 19.2 Å². The van der Waals surface area contributed by atoms with Crippen LogP contribution in [-0.4, -0.2) is 54.8 Å². The minimum atomic E-state index is -0.290. The highest BCUT2D eigenvalue weighted by molar-refractivity contribution is 6.21. The molecule has 0 fully saturated rings. The molecule has 258 valence electrons. The number of aryl methyl sites for hydroxylation is 2. The number of amides is 2. The topological polar surface area (TPSA) is 93.2 Å². The molecule has 2 amide bonds. The predicted octanol–water partition coefficient (Wildman–Crippen LogP) is 8.84. The van der Waals surface area contributed by atoms with Gasteiger partial charge in [-0.2, -0.15) is 0 Å². The highest BCUT2D eigenvalue weighted by atomic mass is 16.5. The number of H-pyrrole nitrogens is 1. The van der Waals surface area contributed by atoms with E-state index in [0.717, 1.165) is 67.7 Å². The molecule has 8 heteroatoms. The van der Waals surface area contributed by atoms with Crippen LogP contribution in [-0.2, 0) is 0 Å². The summed E-state index contributed by atoms with van der Waals surface area (Å²) < 4.78 is 16.8. The fourth-order valence-corrected chi connectivity index (χ4v) is 6.40. The molecule has 2 aliphatic rings. The number of hydrogen-bond acceptors (Lipinski definition) is 6. The number of carbonyl (C=O) groups is 2. The zero-order valence-corrected chi connectivity index (χ0v) is 29.7. The predicted molar refractivity (Wildman–Crippen MR) is 202 cm³/mol. The summed E-state index contributed by atoms with van der Waals surface area (Å²) in [5.74, 6) is 1.67. The van der Waals surface area contributed by atoms with E-state index in [2.05, 4.69) is 31.0 Å². The molecule has 7 rings (SSSR count). The van der Waals surface area contributed by atoms with E-state index in [9.17, 15) is 9.59 Å². The summed E-state index contributed by atoms with van der Waals surface area (Å²) in [6.07, 6.45) is 4.08. The fourth-order valence-electron chi connectivity index (χ4n) is 6.40. The van der Waals surface area contributed by atoms with E-state index in [1.165, 1.54) is 4.90 Å². The molecule has 0 aliphatic carbocycles. The second-order valence-corrected chi connectivity index (χ2v) is 11.9. The van der Waals surface area contributed by atoms with Crippen molar-refractivity contribution in [3.63, 3.8) is 0 Å². The molecule has 2 aliphatic heterocycles. The molecule has 4 aromatic carbocycles. The van der Waals surface area contributed by atoms with Crippen molar-refractivity contribution in [1.29, 1.82) is 0 Å². The van der Waals surface area contributed by atoms with Crippen molar-refractivity contribution in [2.45, 2.75) is 27.7 Å². The van der Waals surface area contributed by atoms with Crippen LogP contribution in [0.4, 0.5) is 0 Å². The first kappa shape index (κ1) is 34.7. The Bertz CT molecular complexity index is 2110. The Balaban J connectivity index is 0.00000220. The molecule has 0 unspecified atom stereocenters. The minimum absolute atomic E-state index is 0.158. The zero-order valence-electron chi connectivity index (χ0n) is 29.7. The number of allylic oxidation sites excluding steroid dienone is 2. The van der Waals surface area contributed by atoms with Crippen molar-refractivity contribution in [2.24, 2.45) is 4.99 Å². The number of benzene rings is 4. The van der Waals surface area contributed by atoms with E-state index in [4.69, 9.17) is 19.2 Å². The van der Waals surface area contributed by atoms with Crippen molar-refractivity contribution in [1.82, 2.24) is 9.88 Å². The molecule has 51 heavy (non-hydrogen) atoms. The van der Waals surface area contributed by atoms with E-state index >= 15 is 0 Å². The molecule has 5 aromatic rings. The third kappa shape index (κ3) is 6.99. The molecule has 0 saturated heterocycles. The number of hydrogen-bond donors (Lipinski definition) is 1. The van der Waals surface area contributed by atoms with Crippen LogP contribution in [0, 0.1) is 13.8 Å². The first-order valence-corrected chi connectivity index (χ1v) is 17.0. The lowest BCUT2D eigenvalue weighted by Crippen LogP contribution is -2.33. The van der Waals surface area contributed by atoms with Gasteiger partial charge in [-0.15, -0.1) is 0 Å². The van der Waals surface area contributed by atoms with Gasteiger partial charge in [0.05, 0.1) is 43.3 Å². The molecular weight excluding hydrogens is 638 g/mol. The average molecular weight is 680 g/mol. The largest absolute Gasteiger partial charge is 0.497 e. The van der Waals surface area contributed by atoms with Crippen molar-refractivity contribution in [2.75, 3.05) is 27.4 Å². The first-order chi connectivity index (χ1) is 24.8. The summed E-state index contributed by atoms with van der Waals surface area (Å²) in [6.45, 7) is 8.45. The van der Waals surface area contributed by atoms with Gasteiger partial charge in [-0.3, -0.25) is 14.5 Å².